The Labute approximate surface area is 197 Å². The van der Waals surface area contributed by atoms with E-state index in [1.807, 2.05) is 11.9 Å². The Bertz CT molecular complexity index is 1030. The molecular formula is C26H36N6O. The van der Waals surface area contributed by atoms with E-state index in [2.05, 4.69) is 40.2 Å². The zero-order valence-corrected chi connectivity index (χ0v) is 20.2. The Morgan fingerprint density at radius 1 is 1.12 bits per heavy atom. The van der Waals surface area contributed by atoms with Crippen molar-refractivity contribution in [2.75, 3.05) is 43.4 Å². The Kier molecular flexibility index (Phi) is 6.23. The van der Waals surface area contributed by atoms with Gasteiger partial charge in [0.2, 0.25) is 5.91 Å². The molecule has 2 fully saturated rings. The van der Waals surface area contributed by atoms with Crippen molar-refractivity contribution >= 4 is 17.4 Å². The minimum atomic E-state index is -0.00365. The Balaban J connectivity index is 1.34. The van der Waals surface area contributed by atoms with Crippen LogP contribution in [0.25, 0.3) is 0 Å². The molecule has 7 nitrogen and oxygen atoms in total. The van der Waals surface area contributed by atoms with Gasteiger partial charge in [-0.25, -0.2) is 9.97 Å². The molecule has 0 spiro atoms. The van der Waals surface area contributed by atoms with Crippen LogP contribution in [-0.4, -0.2) is 58.9 Å². The molecule has 33 heavy (non-hydrogen) atoms. The standard InChI is InChI=1S/C26H36N6O/c1-18-15-20(8-9-23(18)31-11-4-5-12-31)16-30-14-10-21-22(17-30)28-26(29-25(21)27-3)24-7-6-13-32(24)19(2)33/h8-9,15,24H,4-7,10-14,16-17H2,1-3H3,(H,27,28,29). The Morgan fingerprint density at radius 2 is 1.94 bits per heavy atom. The van der Waals surface area contributed by atoms with Crippen LogP contribution < -0.4 is 10.2 Å². The van der Waals surface area contributed by atoms with Gasteiger partial charge < -0.3 is 15.1 Å². The minimum Gasteiger partial charge on any atom is -0.373 e. The van der Waals surface area contributed by atoms with Gasteiger partial charge in [-0.1, -0.05) is 12.1 Å². The summed E-state index contributed by atoms with van der Waals surface area (Å²) in [6.07, 6.45) is 5.50. The number of nitrogens with zero attached hydrogens (tertiary/aromatic N) is 5. The number of rotatable bonds is 5. The summed E-state index contributed by atoms with van der Waals surface area (Å²) in [5, 5.41) is 3.29. The van der Waals surface area contributed by atoms with Gasteiger partial charge in [0.1, 0.15) is 5.82 Å². The second-order valence-corrected chi connectivity index (χ2v) is 9.75. The number of hydrogen-bond acceptors (Lipinski definition) is 6. The van der Waals surface area contributed by atoms with Crippen LogP contribution in [0, 0.1) is 6.92 Å². The van der Waals surface area contributed by atoms with E-state index in [-0.39, 0.29) is 11.9 Å². The fourth-order valence-corrected chi connectivity index (χ4v) is 5.79. The van der Waals surface area contributed by atoms with Crippen molar-refractivity contribution in [1.82, 2.24) is 19.8 Å². The quantitative estimate of drug-likeness (QED) is 0.753. The molecule has 3 aliphatic rings. The van der Waals surface area contributed by atoms with E-state index in [9.17, 15) is 4.79 Å². The smallest absolute Gasteiger partial charge is 0.220 e. The number of benzene rings is 1. The average molecular weight is 449 g/mol. The van der Waals surface area contributed by atoms with Crippen molar-refractivity contribution in [1.29, 1.82) is 0 Å². The lowest BCUT2D eigenvalue weighted by molar-refractivity contribution is -0.129. The van der Waals surface area contributed by atoms with Gasteiger partial charge in [-0.15, -0.1) is 0 Å². The number of aryl methyl sites for hydroxylation is 1. The summed E-state index contributed by atoms with van der Waals surface area (Å²) in [6.45, 7) is 9.80. The first-order valence-electron chi connectivity index (χ1n) is 12.4. The molecule has 0 bridgehead atoms. The molecular weight excluding hydrogens is 412 g/mol. The van der Waals surface area contributed by atoms with Crippen LogP contribution in [-0.2, 0) is 24.3 Å². The van der Waals surface area contributed by atoms with Crippen LogP contribution in [0.4, 0.5) is 11.5 Å². The SMILES string of the molecule is CNc1nc(C2CCCN2C(C)=O)nc2c1CCN(Cc1ccc(N3CCCC3)c(C)c1)C2. The first-order valence-corrected chi connectivity index (χ1v) is 12.4. The van der Waals surface area contributed by atoms with Crippen molar-refractivity contribution in [3.05, 3.63) is 46.4 Å². The minimum absolute atomic E-state index is 0.00365. The number of likely N-dealkylation sites (tertiary alicyclic amines) is 1. The third kappa shape index (κ3) is 4.43. The molecule has 1 aromatic carbocycles. The number of nitrogens with one attached hydrogen (secondary N) is 1. The Morgan fingerprint density at radius 3 is 2.67 bits per heavy atom. The number of carbonyl (C=O) groups is 1. The van der Waals surface area contributed by atoms with Crippen molar-refractivity contribution in [3.8, 4) is 0 Å². The molecule has 0 aliphatic carbocycles. The molecule has 1 amide bonds. The van der Waals surface area contributed by atoms with Gasteiger partial charge in [-0.3, -0.25) is 9.69 Å². The van der Waals surface area contributed by atoms with Crippen LogP contribution >= 0.6 is 0 Å². The molecule has 5 rings (SSSR count). The van der Waals surface area contributed by atoms with Gasteiger partial charge in [0.15, 0.2) is 5.82 Å². The fraction of sp³-hybridized carbons (Fsp3) is 0.577. The van der Waals surface area contributed by atoms with Gasteiger partial charge in [0.25, 0.3) is 0 Å². The summed E-state index contributed by atoms with van der Waals surface area (Å²) in [4.78, 5) is 28.9. The summed E-state index contributed by atoms with van der Waals surface area (Å²) in [6, 6.07) is 6.96. The number of aromatic nitrogens is 2. The van der Waals surface area contributed by atoms with Gasteiger partial charge in [-0.05, 0) is 56.2 Å². The van der Waals surface area contributed by atoms with Crippen LogP contribution in [0.15, 0.2) is 18.2 Å². The second kappa shape index (κ2) is 9.29. The van der Waals surface area contributed by atoms with E-state index in [4.69, 9.17) is 9.97 Å². The van der Waals surface area contributed by atoms with E-state index in [0.29, 0.717) is 0 Å². The summed E-state index contributed by atoms with van der Waals surface area (Å²) in [5.74, 6) is 1.83. The largest absolute Gasteiger partial charge is 0.373 e. The second-order valence-electron chi connectivity index (χ2n) is 9.75. The van der Waals surface area contributed by atoms with Crippen LogP contribution in [0.1, 0.15) is 66.9 Å². The maximum absolute atomic E-state index is 12.1. The lowest BCUT2D eigenvalue weighted by Gasteiger charge is -2.31. The molecule has 2 aromatic rings. The number of carbonyl (C=O) groups excluding carboxylic acids is 1. The lowest BCUT2D eigenvalue weighted by atomic mass is 10.0. The predicted molar refractivity (Wildman–Crippen MR) is 131 cm³/mol. The normalized spacial score (nSPS) is 20.9. The van der Waals surface area contributed by atoms with Gasteiger partial charge in [0.05, 0.1) is 11.7 Å². The molecule has 3 aliphatic heterocycles. The van der Waals surface area contributed by atoms with Crippen LogP contribution in [0.5, 0.6) is 0 Å². The van der Waals surface area contributed by atoms with Gasteiger partial charge in [-0.2, -0.15) is 0 Å². The third-order valence-electron chi connectivity index (χ3n) is 7.47. The number of hydrogen-bond donors (Lipinski definition) is 1. The van der Waals surface area contributed by atoms with Crippen molar-refractivity contribution in [3.63, 3.8) is 0 Å². The highest BCUT2D eigenvalue weighted by atomic mass is 16.2. The third-order valence-corrected chi connectivity index (χ3v) is 7.47. The predicted octanol–water partition coefficient (Wildman–Crippen LogP) is 3.67. The molecule has 1 atom stereocenters. The van der Waals surface area contributed by atoms with Crippen molar-refractivity contribution in [2.45, 2.75) is 65.1 Å². The van der Waals surface area contributed by atoms with E-state index in [1.165, 1.54) is 48.3 Å². The molecule has 2 saturated heterocycles. The van der Waals surface area contributed by atoms with Crippen LogP contribution in [0.3, 0.4) is 0 Å². The average Bonchev–Trinajstić information content (AvgIpc) is 3.51. The molecule has 0 saturated carbocycles. The summed E-state index contributed by atoms with van der Waals surface area (Å²) >= 11 is 0. The molecule has 4 heterocycles. The summed E-state index contributed by atoms with van der Waals surface area (Å²) in [7, 11) is 1.93. The van der Waals surface area contributed by atoms with E-state index in [0.717, 1.165) is 62.8 Å². The lowest BCUT2D eigenvalue weighted by Crippen LogP contribution is -2.33. The number of anilines is 2. The van der Waals surface area contributed by atoms with E-state index < -0.39 is 0 Å². The maximum atomic E-state index is 12.1. The summed E-state index contributed by atoms with van der Waals surface area (Å²) in [5.41, 5.74) is 6.46. The van der Waals surface area contributed by atoms with Crippen molar-refractivity contribution in [2.24, 2.45) is 0 Å². The fourth-order valence-electron chi connectivity index (χ4n) is 5.79. The molecule has 1 unspecified atom stereocenters. The van der Waals surface area contributed by atoms with Gasteiger partial charge in [0, 0.05) is 64.5 Å². The topological polar surface area (TPSA) is 64.6 Å². The van der Waals surface area contributed by atoms with Crippen molar-refractivity contribution < 1.29 is 4.79 Å². The maximum Gasteiger partial charge on any atom is 0.220 e. The molecule has 1 N–H and O–H groups in total. The molecule has 0 radical (unpaired) electrons. The monoisotopic (exact) mass is 448 g/mol. The molecule has 7 heteroatoms. The summed E-state index contributed by atoms with van der Waals surface area (Å²) < 4.78 is 0. The Hall–Kier alpha value is -2.67. The highest BCUT2D eigenvalue weighted by Crippen LogP contribution is 2.33. The first-order chi connectivity index (χ1) is 16.0. The van der Waals surface area contributed by atoms with E-state index >= 15 is 0 Å². The zero-order valence-electron chi connectivity index (χ0n) is 20.2. The molecule has 1 aromatic heterocycles. The zero-order chi connectivity index (χ0) is 22.9. The number of amides is 1. The number of fused-ring (bicyclic) bond motifs is 1. The highest BCUT2D eigenvalue weighted by molar-refractivity contribution is 5.74. The highest BCUT2D eigenvalue weighted by Gasteiger charge is 2.32. The van der Waals surface area contributed by atoms with Crippen LogP contribution in [0.2, 0.25) is 0 Å². The van der Waals surface area contributed by atoms with E-state index in [1.54, 1.807) is 6.92 Å². The molecule has 176 valence electrons. The first kappa shape index (κ1) is 22.1. The van der Waals surface area contributed by atoms with Gasteiger partial charge >= 0.3 is 0 Å².